The third-order valence-electron chi connectivity index (χ3n) is 6.15. The molecule has 1 N–H and O–H groups in total. The first kappa shape index (κ1) is 29.9. The zero-order chi connectivity index (χ0) is 28.5. The first-order chi connectivity index (χ1) is 18.6. The molecule has 210 valence electrons. The average molecular weight is 560 g/mol. The molecule has 1 aromatic heterocycles. The van der Waals surface area contributed by atoms with Crippen LogP contribution in [-0.4, -0.2) is 55.6 Å². The van der Waals surface area contributed by atoms with Crippen LogP contribution in [0, 0.1) is 24.5 Å². The second-order valence-electron chi connectivity index (χ2n) is 9.61. The van der Waals surface area contributed by atoms with E-state index in [9.17, 15) is 18.4 Å². The number of rotatable bonds is 12. The summed E-state index contributed by atoms with van der Waals surface area (Å²) in [7, 11) is 3.15. The molecule has 2 aromatic carbocycles. The molecule has 1 heterocycles. The number of hydrogen-bond donors (Lipinski definition) is 1. The summed E-state index contributed by atoms with van der Waals surface area (Å²) in [6.45, 7) is 6.75. The van der Waals surface area contributed by atoms with Gasteiger partial charge in [-0.1, -0.05) is 19.9 Å². The van der Waals surface area contributed by atoms with Crippen LogP contribution in [0.1, 0.15) is 29.9 Å². The summed E-state index contributed by atoms with van der Waals surface area (Å²) < 4.78 is 38.2. The summed E-state index contributed by atoms with van der Waals surface area (Å²) in [6, 6.07) is 9.94. The first-order valence-electron chi connectivity index (χ1n) is 12.6. The van der Waals surface area contributed by atoms with Crippen molar-refractivity contribution in [3.8, 4) is 11.5 Å². The molecule has 0 atom stereocenters. The molecular weight excluding hydrogens is 524 g/mol. The second kappa shape index (κ2) is 13.9. The standard InChI is InChI=1S/C29H35F2N3O4S/c1-19(2)16-34(29(36)32-24-8-7-22(30)15-23(24)31)18-28(35)33(17-27-20(3)11-13-39-27)12-10-21-6-9-25(37-4)26(14-21)38-5/h6-9,11,13-15,19H,10,12,16-18H2,1-5H3,(H,32,36). The molecule has 10 heteroatoms. The Morgan fingerprint density at radius 1 is 1.00 bits per heavy atom. The van der Waals surface area contributed by atoms with Crippen molar-refractivity contribution in [2.75, 3.05) is 39.2 Å². The number of nitrogens with zero attached hydrogens (tertiary/aromatic N) is 2. The molecule has 0 fully saturated rings. The molecule has 0 aliphatic heterocycles. The number of aryl methyl sites for hydroxylation is 1. The Morgan fingerprint density at radius 3 is 2.36 bits per heavy atom. The van der Waals surface area contributed by atoms with E-state index in [-0.39, 0.29) is 30.6 Å². The maximum atomic E-state index is 14.2. The number of nitrogens with one attached hydrogen (secondary N) is 1. The number of ether oxygens (including phenoxy) is 2. The predicted molar refractivity (Wildman–Crippen MR) is 150 cm³/mol. The number of halogens is 2. The van der Waals surface area contributed by atoms with Gasteiger partial charge in [-0.3, -0.25) is 4.79 Å². The van der Waals surface area contributed by atoms with Crippen LogP contribution in [0.5, 0.6) is 11.5 Å². The van der Waals surface area contributed by atoms with E-state index >= 15 is 0 Å². The van der Waals surface area contributed by atoms with Crippen LogP contribution in [0.2, 0.25) is 0 Å². The molecule has 0 bridgehead atoms. The van der Waals surface area contributed by atoms with E-state index in [1.54, 1.807) is 30.5 Å². The van der Waals surface area contributed by atoms with Crippen molar-refractivity contribution in [1.29, 1.82) is 0 Å². The van der Waals surface area contributed by atoms with Gasteiger partial charge in [-0.05, 0) is 66.1 Å². The molecule has 0 aliphatic carbocycles. The van der Waals surface area contributed by atoms with Crippen molar-refractivity contribution >= 4 is 29.0 Å². The fourth-order valence-electron chi connectivity index (χ4n) is 4.04. The van der Waals surface area contributed by atoms with E-state index in [0.717, 1.165) is 28.1 Å². The smallest absolute Gasteiger partial charge is 0.322 e. The molecule has 3 rings (SSSR count). The van der Waals surface area contributed by atoms with E-state index in [1.807, 2.05) is 50.4 Å². The molecule has 0 radical (unpaired) electrons. The van der Waals surface area contributed by atoms with Crippen LogP contribution in [0.3, 0.4) is 0 Å². The van der Waals surface area contributed by atoms with Crippen molar-refractivity contribution in [1.82, 2.24) is 9.80 Å². The molecule has 3 amide bonds. The third-order valence-corrected chi connectivity index (χ3v) is 7.15. The lowest BCUT2D eigenvalue weighted by molar-refractivity contribution is -0.132. The molecule has 39 heavy (non-hydrogen) atoms. The van der Waals surface area contributed by atoms with Gasteiger partial charge in [0.05, 0.1) is 26.5 Å². The topological polar surface area (TPSA) is 71.1 Å². The Kier molecular flexibility index (Phi) is 10.7. The summed E-state index contributed by atoms with van der Waals surface area (Å²) in [5, 5.41) is 4.46. The van der Waals surface area contributed by atoms with Gasteiger partial charge in [-0.25, -0.2) is 13.6 Å². The Morgan fingerprint density at radius 2 is 1.74 bits per heavy atom. The van der Waals surface area contributed by atoms with Crippen LogP contribution >= 0.6 is 11.3 Å². The highest BCUT2D eigenvalue weighted by Crippen LogP contribution is 2.28. The fraction of sp³-hybridized carbons (Fsp3) is 0.379. The zero-order valence-corrected chi connectivity index (χ0v) is 23.7. The highest BCUT2D eigenvalue weighted by Gasteiger charge is 2.24. The number of hydrogen-bond acceptors (Lipinski definition) is 5. The molecular formula is C29H35F2N3O4S. The van der Waals surface area contributed by atoms with Crippen LogP contribution in [0.15, 0.2) is 47.8 Å². The van der Waals surface area contributed by atoms with Gasteiger partial charge in [0.2, 0.25) is 5.91 Å². The summed E-state index contributed by atoms with van der Waals surface area (Å²) >= 11 is 1.57. The molecule has 0 aliphatic rings. The third kappa shape index (κ3) is 8.41. The van der Waals surface area contributed by atoms with Crippen molar-refractivity contribution < 1.29 is 27.8 Å². The van der Waals surface area contributed by atoms with E-state index in [1.165, 1.54) is 4.90 Å². The van der Waals surface area contributed by atoms with Crippen molar-refractivity contribution in [3.05, 3.63) is 75.5 Å². The maximum Gasteiger partial charge on any atom is 0.322 e. The van der Waals surface area contributed by atoms with E-state index in [2.05, 4.69) is 5.32 Å². The highest BCUT2D eigenvalue weighted by atomic mass is 32.1. The van der Waals surface area contributed by atoms with Gasteiger partial charge in [0.25, 0.3) is 0 Å². The van der Waals surface area contributed by atoms with Gasteiger partial charge in [0.1, 0.15) is 18.2 Å². The quantitative estimate of drug-likeness (QED) is 0.291. The Labute approximate surface area is 232 Å². The SMILES string of the molecule is COc1ccc(CCN(Cc2sccc2C)C(=O)CN(CC(C)C)C(=O)Nc2ccc(F)cc2F)cc1OC. The maximum absolute atomic E-state index is 14.2. The lowest BCUT2D eigenvalue weighted by Crippen LogP contribution is -2.46. The lowest BCUT2D eigenvalue weighted by atomic mass is 10.1. The normalized spacial score (nSPS) is 10.9. The fourth-order valence-corrected chi connectivity index (χ4v) is 4.96. The molecule has 0 spiro atoms. The minimum Gasteiger partial charge on any atom is -0.493 e. The Balaban J connectivity index is 1.79. The van der Waals surface area contributed by atoms with Gasteiger partial charge < -0.3 is 24.6 Å². The lowest BCUT2D eigenvalue weighted by Gasteiger charge is -2.29. The van der Waals surface area contributed by atoms with E-state index in [4.69, 9.17) is 9.47 Å². The van der Waals surface area contributed by atoms with E-state index in [0.29, 0.717) is 37.1 Å². The van der Waals surface area contributed by atoms with Gasteiger partial charge in [0, 0.05) is 24.0 Å². The van der Waals surface area contributed by atoms with Gasteiger partial charge in [0.15, 0.2) is 11.5 Å². The number of amides is 3. The molecule has 7 nitrogen and oxygen atoms in total. The highest BCUT2D eigenvalue weighted by molar-refractivity contribution is 7.10. The van der Waals surface area contributed by atoms with Crippen molar-refractivity contribution in [2.45, 2.75) is 33.7 Å². The van der Waals surface area contributed by atoms with Gasteiger partial charge in [-0.2, -0.15) is 0 Å². The van der Waals surface area contributed by atoms with Crippen molar-refractivity contribution in [2.24, 2.45) is 5.92 Å². The summed E-state index contributed by atoms with van der Waals surface area (Å²) in [5.41, 5.74) is 1.91. The molecule has 0 unspecified atom stereocenters. The van der Waals surface area contributed by atoms with Crippen LogP contribution in [-0.2, 0) is 17.8 Å². The minimum absolute atomic E-state index is 0.0568. The largest absolute Gasteiger partial charge is 0.493 e. The Bertz CT molecular complexity index is 1280. The van der Waals surface area contributed by atoms with Crippen LogP contribution in [0.25, 0.3) is 0 Å². The molecule has 0 saturated carbocycles. The summed E-state index contributed by atoms with van der Waals surface area (Å²) in [6.07, 6.45) is 0.563. The number of carbonyl (C=O) groups excluding carboxylic acids is 2. The van der Waals surface area contributed by atoms with Gasteiger partial charge in [-0.15, -0.1) is 11.3 Å². The minimum atomic E-state index is -0.885. The average Bonchev–Trinajstić information content (AvgIpc) is 3.31. The number of benzene rings is 2. The van der Waals surface area contributed by atoms with Gasteiger partial charge >= 0.3 is 6.03 Å². The molecule has 3 aromatic rings. The zero-order valence-electron chi connectivity index (χ0n) is 22.9. The van der Waals surface area contributed by atoms with Crippen LogP contribution in [0.4, 0.5) is 19.3 Å². The summed E-state index contributed by atoms with van der Waals surface area (Å²) in [5.74, 6) is -0.580. The Hall–Kier alpha value is -3.66. The predicted octanol–water partition coefficient (Wildman–Crippen LogP) is 6.11. The van der Waals surface area contributed by atoms with Crippen LogP contribution < -0.4 is 14.8 Å². The van der Waals surface area contributed by atoms with Crippen molar-refractivity contribution in [3.63, 3.8) is 0 Å². The number of methoxy groups -OCH3 is 2. The number of thiophene rings is 1. The monoisotopic (exact) mass is 559 g/mol. The van der Waals surface area contributed by atoms with E-state index < -0.39 is 17.7 Å². The number of carbonyl (C=O) groups is 2. The summed E-state index contributed by atoms with van der Waals surface area (Å²) in [4.78, 5) is 30.9. The second-order valence-corrected chi connectivity index (χ2v) is 10.6. The number of anilines is 1. The number of urea groups is 1. The first-order valence-corrected chi connectivity index (χ1v) is 13.5. The molecule has 0 saturated heterocycles.